The zero-order valence-corrected chi connectivity index (χ0v) is 11.0. The number of nitrogens with one attached hydrogen (secondary N) is 2. The Hall–Kier alpha value is -0.420. The Bertz CT molecular complexity index is 291. The van der Waals surface area contributed by atoms with Crippen molar-refractivity contribution < 1.29 is 15.5 Å². The summed E-state index contributed by atoms with van der Waals surface area (Å²) in [6.45, 7) is 9.86. The highest BCUT2D eigenvalue weighted by Crippen LogP contribution is 2.14. The predicted molar refractivity (Wildman–Crippen MR) is 66.7 cm³/mol. The zero-order chi connectivity index (χ0) is 11.4. The van der Waals surface area contributed by atoms with Gasteiger partial charge in [-0.1, -0.05) is 6.07 Å². The fraction of sp³-hybridized carbons (Fsp3) is 0.667. The van der Waals surface area contributed by atoms with Crippen LogP contribution < -0.4 is 15.5 Å². The fourth-order valence-electron chi connectivity index (χ4n) is 2.66. The van der Waals surface area contributed by atoms with E-state index in [1.807, 2.05) is 11.3 Å². The predicted octanol–water partition coefficient (Wildman–Crippen LogP) is -2.17. The topological polar surface area (TPSA) is 36.5 Å². The van der Waals surface area contributed by atoms with Gasteiger partial charge in [-0.05, 0) is 18.4 Å². The third-order valence-corrected chi connectivity index (χ3v) is 4.75. The largest absolute Gasteiger partial charge is 0.352 e. The standard InChI is InChI=1S/C12H21N3S/c1-2-14-5-7-15(8-6-14)11(10-13)12-4-3-9-16-12/h3-4,9,11H,2,5-8,10,13H2,1H3/p+3/t11-/m1/s1. The highest BCUT2D eigenvalue weighted by Gasteiger charge is 2.30. The summed E-state index contributed by atoms with van der Waals surface area (Å²) in [6, 6.07) is 5.07. The van der Waals surface area contributed by atoms with Crippen molar-refractivity contribution in [3.63, 3.8) is 0 Å². The molecular formula is C12H24N3S+3. The first-order valence-corrected chi connectivity index (χ1v) is 7.24. The Labute approximate surface area is 102 Å². The summed E-state index contributed by atoms with van der Waals surface area (Å²) in [4.78, 5) is 5.03. The molecule has 1 atom stereocenters. The molecule has 1 aromatic rings. The van der Waals surface area contributed by atoms with E-state index in [0.29, 0.717) is 6.04 Å². The van der Waals surface area contributed by atoms with Crippen molar-refractivity contribution in [3.8, 4) is 0 Å². The molecule has 1 aliphatic rings. The second-order valence-electron chi connectivity index (χ2n) is 4.62. The summed E-state index contributed by atoms with van der Waals surface area (Å²) >= 11 is 1.89. The quantitative estimate of drug-likeness (QED) is 0.538. The maximum absolute atomic E-state index is 4.14. The number of quaternary nitrogens is 3. The molecule has 0 saturated carbocycles. The van der Waals surface area contributed by atoms with Gasteiger partial charge in [-0.2, -0.15) is 0 Å². The molecule has 3 nitrogen and oxygen atoms in total. The Morgan fingerprint density at radius 3 is 2.62 bits per heavy atom. The van der Waals surface area contributed by atoms with E-state index in [2.05, 4.69) is 30.2 Å². The second kappa shape index (κ2) is 5.77. The molecular weight excluding hydrogens is 218 g/mol. The van der Waals surface area contributed by atoms with Crippen LogP contribution in [0, 0.1) is 0 Å². The highest BCUT2D eigenvalue weighted by atomic mass is 32.1. The van der Waals surface area contributed by atoms with Crippen LogP contribution in [0.3, 0.4) is 0 Å². The normalized spacial score (nSPS) is 27.9. The molecule has 1 aromatic heterocycles. The molecule has 0 bridgehead atoms. The van der Waals surface area contributed by atoms with Crippen molar-refractivity contribution in [1.29, 1.82) is 0 Å². The van der Waals surface area contributed by atoms with Gasteiger partial charge in [0.2, 0.25) is 0 Å². The van der Waals surface area contributed by atoms with Gasteiger partial charge >= 0.3 is 0 Å². The number of hydrogen-bond acceptors (Lipinski definition) is 1. The van der Waals surface area contributed by atoms with Gasteiger partial charge in [0.25, 0.3) is 0 Å². The molecule has 5 N–H and O–H groups in total. The molecule has 0 aliphatic carbocycles. The van der Waals surface area contributed by atoms with Crippen molar-refractivity contribution in [2.24, 2.45) is 0 Å². The van der Waals surface area contributed by atoms with E-state index in [4.69, 9.17) is 0 Å². The highest BCUT2D eigenvalue weighted by molar-refractivity contribution is 7.10. The van der Waals surface area contributed by atoms with Crippen LogP contribution in [-0.4, -0.2) is 39.3 Å². The summed E-state index contributed by atoms with van der Waals surface area (Å²) in [5.41, 5.74) is 4.14. The molecule has 1 fully saturated rings. The van der Waals surface area contributed by atoms with Crippen molar-refractivity contribution in [2.75, 3.05) is 39.3 Å². The van der Waals surface area contributed by atoms with Crippen molar-refractivity contribution in [2.45, 2.75) is 13.0 Å². The first-order chi connectivity index (χ1) is 7.85. The van der Waals surface area contributed by atoms with Crippen LogP contribution >= 0.6 is 11.3 Å². The van der Waals surface area contributed by atoms with Gasteiger partial charge in [0, 0.05) is 0 Å². The van der Waals surface area contributed by atoms with Gasteiger partial charge in [0.1, 0.15) is 32.7 Å². The second-order valence-corrected chi connectivity index (χ2v) is 5.60. The van der Waals surface area contributed by atoms with Crippen LogP contribution in [0.2, 0.25) is 0 Å². The van der Waals surface area contributed by atoms with Crippen LogP contribution in [0.4, 0.5) is 0 Å². The van der Waals surface area contributed by atoms with E-state index in [0.717, 1.165) is 6.54 Å². The summed E-state index contributed by atoms with van der Waals surface area (Å²) in [5, 5.41) is 2.19. The van der Waals surface area contributed by atoms with Crippen LogP contribution in [0.25, 0.3) is 0 Å². The molecule has 4 heteroatoms. The van der Waals surface area contributed by atoms with E-state index in [9.17, 15) is 0 Å². The van der Waals surface area contributed by atoms with Crippen LogP contribution in [0.1, 0.15) is 17.8 Å². The maximum atomic E-state index is 4.14. The minimum absolute atomic E-state index is 0.637. The summed E-state index contributed by atoms with van der Waals surface area (Å²) in [5.74, 6) is 0. The Morgan fingerprint density at radius 1 is 1.38 bits per heavy atom. The zero-order valence-electron chi connectivity index (χ0n) is 10.2. The first-order valence-electron chi connectivity index (χ1n) is 6.36. The molecule has 2 rings (SSSR count). The van der Waals surface area contributed by atoms with Crippen LogP contribution in [-0.2, 0) is 0 Å². The Balaban J connectivity index is 1.96. The molecule has 0 spiro atoms. The minimum atomic E-state index is 0.637. The molecule has 16 heavy (non-hydrogen) atoms. The smallest absolute Gasteiger partial charge is 0.172 e. The van der Waals surface area contributed by atoms with Crippen molar-refractivity contribution in [3.05, 3.63) is 22.4 Å². The van der Waals surface area contributed by atoms with E-state index in [-0.39, 0.29) is 0 Å². The third kappa shape index (κ3) is 2.63. The molecule has 1 aliphatic heterocycles. The summed E-state index contributed by atoms with van der Waals surface area (Å²) in [7, 11) is 0. The number of rotatable bonds is 4. The number of hydrogen-bond donors (Lipinski definition) is 3. The molecule has 90 valence electrons. The number of thiophene rings is 1. The van der Waals surface area contributed by atoms with Crippen molar-refractivity contribution in [1.82, 2.24) is 0 Å². The average Bonchev–Trinajstić information content (AvgIpc) is 2.85. The van der Waals surface area contributed by atoms with E-state index in [1.54, 1.807) is 9.80 Å². The molecule has 0 radical (unpaired) electrons. The van der Waals surface area contributed by atoms with E-state index in [1.165, 1.54) is 37.6 Å². The van der Waals surface area contributed by atoms with E-state index >= 15 is 0 Å². The monoisotopic (exact) mass is 242 g/mol. The average molecular weight is 242 g/mol. The molecule has 0 amide bonds. The number of piperazine rings is 1. The Kier molecular flexibility index (Phi) is 4.35. The third-order valence-electron chi connectivity index (χ3n) is 3.77. The molecule has 0 aromatic carbocycles. The molecule has 2 heterocycles. The van der Waals surface area contributed by atoms with Gasteiger partial charge in [-0.15, -0.1) is 11.3 Å². The molecule has 0 unspecified atom stereocenters. The van der Waals surface area contributed by atoms with E-state index < -0.39 is 0 Å². The van der Waals surface area contributed by atoms with Crippen LogP contribution in [0.5, 0.6) is 0 Å². The summed E-state index contributed by atoms with van der Waals surface area (Å²) < 4.78 is 0. The van der Waals surface area contributed by atoms with Crippen LogP contribution in [0.15, 0.2) is 17.5 Å². The van der Waals surface area contributed by atoms with Gasteiger partial charge < -0.3 is 15.5 Å². The van der Waals surface area contributed by atoms with Gasteiger partial charge in [-0.3, -0.25) is 0 Å². The Morgan fingerprint density at radius 2 is 2.12 bits per heavy atom. The lowest BCUT2D eigenvalue weighted by atomic mass is 10.1. The minimum Gasteiger partial charge on any atom is -0.352 e. The van der Waals surface area contributed by atoms with Gasteiger partial charge in [0.15, 0.2) is 6.04 Å². The lowest BCUT2D eigenvalue weighted by molar-refractivity contribution is -1.03. The fourth-order valence-corrected chi connectivity index (χ4v) is 3.58. The van der Waals surface area contributed by atoms with Gasteiger partial charge in [-0.25, -0.2) is 0 Å². The van der Waals surface area contributed by atoms with Gasteiger partial charge in [0.05, 0.1) is 11.4 Å². The first kappa shape index (κ1) is 12.0. The molecule has 1 saturated heterocycles. The lowest BCUT2D eigenvalue weighted by Crippen LogP contribution is -3.28. The van der Waals surface area contributed by atoms with Crippen molar-refractivity contribution >= 4 is 11.3 Å². The SMILES string of the molecule is CC[NH+]1CC[NH+]([C@H](C[NH3+])c2cccs2)CC1. The maximum Gasteiger partial charge on any atom is 0.172 e. The lowest BCUT2D eigenvalue weighted by Gasteiger charge is -2.32. The number of likely N-dealkylation sites (N-methyl/N-ethyl adjacent to an activating group) is 1. The summed E-state index contributed by atoms with van der Waals surface area (Å²) in [6.07, 6.45) is 0.